The smallest absolute Gasteiger partial charge is 0.323 e. The Morgan fingerprint density at radius 2 is 1.55 bits per heavy atom. The third-order valence-electron chi connectivity index (χ3n) is 3.32. The van der Waals surface area contributed by atoms with E-state index in [9.17, 15) is 4.79 Å². The molecule has 0 spiro atoms. The lowest BCUT2D eigenvalue weighted by Crippen LogP contribution is -2.34. The van der Waals surface area contributed by atoms with Crippen LogP contribution in [0.3, 0.4) is 0 Å². The first-order chi connectivity index (χ1) is 10.2. The largest absolute Gasteiger partial charge is 0.465 e. The molecule has 0 amide bonds. The van der Waals surface area contributed by atoms with Crippen molar-refractivity contribution < 1.29 is 9.53 Å². The second-order valence-electron chi connectivity index (χ2n) is 5.04. The van der Waals surface area contributed by atoms with Crippen LogP contribution in [0.5, 0.6) is 0 Å². The van der Waals surface area contributed by atoms with Crippen molar-refractivity contribution in [2.45, 2.75) is 25.8 Å². The highest BCUT2D eigenvalue weighted by atomic mass is 35.5. The van der Waals surface area contributed by atoms with Gasteiger partial charge in [0.2, 0.25) is 0 Å². The van der Waals surface area contributed by atoms with Crippen LogP contribution in [-0.4, -0.2) is 18.6 Å². The van der Waals surface area contributed by atoms with Crippen LogP contribution >= 0.6 is 12.4 Å². The molecule has 22 heavy (non-hydrogen) atoms. The number of ether oxygens (including phenoxy) is 1. The summed E-state index contributed by atoms with van der Waals surface area (Å²) >= 11 is 0. The minimum atomic E-state index is -0.593. The first-order valence-electron chi connectivity index (χ1n) is 7.23. The van der Waals surface area contributed by atoms with E-state index in [2.05, 4.69) is 24.3 Å². The number of benzene rings is 2. The Morgan fingerprint density at radius 3 is 2.14 bits per heavy atom. The Kier molecular flexibility index (Phi) is 7.64. The normalized spacial score (nSPS) is 11.4. The lowest BCUT2D eigenvalue weighted by atomic mass is 10.0. The van der Waals surface area contributed by atoms with E-state index in [1.807, 2.05) is 30.3 Å². The topological polar surface area (TPSA) is 52.3 Å². The van der Waals surface area contributed by atoms with Gasteiger partial charge < -0.3 is 10.5 Å². The molecular weight excluding hydrogens is 298 g/mol. The number of nitrogens with two attached hydrogens (primary N) is 1. The molecule has 2 N–H and O–H groups in total. The maximum atomic E-state index is 11.5. The fourth-order valence-corrected chi connectivity index (χ4v) is 2.21. The van der Waals surface area contributed by atoms with Gasteiger partial charge in [0, 0.05) is 0 Å². The molecule has 2 aromatic rings. The van der Waals surface area contributed by atoms with Gasteiger partial charge in [-0.3, -0.25) is 4.79 Å². The number of esters is 1. The summed E-state index contributed by atoms with van der Waals surface area (Å²) in [6, 6.07) is 18.0. The van der Waals surface area contributed by atoms with Crippen molar-refractivity contribution in [1.82, 2.24) is 0 Å². The highest BCUT2D eigenvalue weighted by Gasteiger charge is 2.14. The summed E-state index contributed by atoms with van der Waals surface area (Å²) in [5.41, 5.74) is 9.40. The second-order valence-corrected chi connectivity index (χ2v) is 5.04. The van der Waals surface area contributed by atoms with Crippen LogP contribution in [0, 0.1) is 0 Å². The van der Waals surface area contributed by atoms with Crippen molar-refractivity contribution in [3.63, 3.8) is 0 Å². The van der Waals surface area contributed by atoms with Gasteiger partial charge in [-0.2, -0.15) is 0 Å². The predicted octanol–water partition coefficient (Wildman–Crippen LogP) is 3.13. The number of rotatable bonds is 6. The van der Waals surface area contributed by atoms with E-state index in [-0.39, 0.29) is 18.4 Å². The van der Waals surface area contributed by atoms with E-state index >= 15 is 0 Å². The Hall–Kier alpha value is -1.84. The van der Waals surface area contributed by atoms with E-state index in [1.165, 1.54) is 11.1 Å². The molecule has 2 aromatic carbocycles. The number of carbonyl (C=O) groups excluding carboxylic acids is 1. The molecule has 0 aromatic heterocycles. The first-order valence-corrected chi connectivity index (χ1v) is 7.23. The third-order valence-corrected chi connectivity index (χ3v) is 3.32. The zero-order valence-corrected chi connectivity index (χ0v) is 13.5. The Morgan fingerprint density at radius 1 is 1.00 bits per heavy atom. The van der Waals surface area contributed by atoms with Gasteiger partial charge in [-0.05, 0) is 36.5 Å². The van der Waals surface area contributed by atoms with Crippen LogP contribution < -0.4 is 5.73 Å². The molecule has 0 radical (unpaired) electrons. The quantitative estimate of drug-likeness (QED) is 0.832. The Balaban J connectivity index is 0.00000242. The predicted molar refractivity (Wildman–Crippen MR) is 91.3 cm³/mol. The fourth-order valence-electron chi connectivity index (χ4n) is 2.21. The lowest BCUT2D eigenvalue weighted by molar-refractivity contribution is -0.144. The van der Waals surface area contributed by atoms with Gasteiger partial charge in [0.1, 0.15) is 6.04 Å². The Labute approximate surface area is 137 Å². The number of carbonyl (C=O) groups is 1. The molecule has 0 bridgehead atoms. The van der Waals surface area contributed by atoms with Gasteiger partial charge in [0.15, 0.2) is 0 Å². The molecule has 1 atom stereocenters. The Bertz CT molecular complexity index is 569. The summed E-state index contributed by atoms with van der Waals surface area (Å²) in [6.45, 7) is 2.14. The summed E-state index contributed by atoms with van der Waals surface area (Å²) in [5.74, 6) is -0.342. The second kappa shape index (κ2) is 9.23. The van der Waals surface area contributed by atoms with Crippen molar-refractivity contribution in [2.24, 2.45) is 5.73 Å². The monoisotopic (exact) mass is 319 g/mol. The summed E-state index contributed by atoms with van der Waals surface area (Å²) in [7, 11) is 0. The molecule has 0 saturated carbocycles. The van der Waals surface area contributed by atoms with Gasteiger partial charge in [-0.1, -0.05) is 54.6 Å². The summed E-state index contributed by atoms with van der Waals surface area (Å²) in [6.07, 6.45) is 1.41. The van der Waals surface area contributed by atoms with Crippen LogP contribution in [0.15, 0.2) is 54.6 Å². The molecule has 0 heterocycles. The van der Waals surface area contributed by atoms with Crippen molar-refractivity contribution in [1.29, 1.82) is 0 Å². The average molecular weight is 320 g/mol. The van der Waals surface area contributed by atoms with Crippen molar-refractivity contribution in [3.8, 4) is 0 Å². The molecule has 118 valence electrons. The van der Waals surface area contributed by atoms with Crippen LogP contribution in [0.1, 0.15) is 23.6 Å². The first kappa shape index (κ1) is 18.2. The average Bonchev–Trinajstić information content (AvgIpc) is 2.50. The highest BCUT2D eigenvalue weighted by Crippen LogP contribution is 2.12. The van der Waals surface area contributed by atoms with Gasteiger partial charge >= 0.3 is 5.97 Å². The van der Waals surface area contributed by atoms with Crippen LogP contribution in [0.2, 0.25) is 0 Å². The standard InChI is InChI=1S/C18H21NO2.ClH/c1-2-21-18(20)17(19)13-16-10-8-15(9-11-16)12-14-6-4-3-5-7-14;/h3-11,17H,2,12-13,19H2,1H3;1H. The SMILES string of the molecule is CCOC(=O)C(N)Cc1ccc(Cc2ccccc2)cc1.Cl. The van der Waals surface area contributed by atoms with E-state index < -0.39 is 6.04 Å². The summed E-state index contributed by atoms with van der Waals surface area (Å²) in [4.78, 5) is 11.5. The fraction of sp³-hybridized carbons (Fsp3) is 0.278. The zero-order valence-electron chi connectivity index (χ0n) is 12.7. The van der Waals surface area contributed by atoms with Crippen LogP contribution in [0.4, 0.5) is 0 Å². The van der Waals surface area contributed by atoms with Gasteiger partial charge in [-0.15, -0.1) is 12.4 Å². The zero-order chi connectivity index (χ0) is 15.1. The maximum absolute atomic E-state index is 11.5. The van der Waals surface area contributed by atoms with E-state index in [1.54, 1.807) is 6.92 Å². The molecule has 0 aliphatic rings. The maximum Gasteiger partial charge on any atom is 0.323 e. The molecule has 0 saturated heterocycles. The molecular formula is C18H22ClNO2. The molecule has 0 aliphatic heterocycles. The minimum Gasteiger partial charge on any atom is -0.465 e. The minimum absolute atomic E-state index is 0. The number of halogens is 1. The van der Waals surface area contributed by atoms with Gasteiger partial charge in [0.05, 0.1) is 6.61 Å². The van der Waals surface area contributed by atoms with E-state index in [0.29, 0.717) is 13.0 Å². The number of hydrogen-bond donors (Lipinski definition) is 1. The van der Waals surface area contributed by atoms with E-state index in [0.717, 1.165) is 12.0 Å². The van der Waals surface area contributed by atoms with Gasteiger partial charge in [0.25, 0.3) is 0 Å². The highest BCUT2D eigenvalue weighted by molar-refractivity contribution is 5.85. The molecule has 0 fully saturated rings. The summed E-state index contributed by atoms with van der Waals surface area (Å²) < 4.78 is 4.91. The molecule has 4 heteroatoms. The third kappa shape index (κ3) is 5.51. The van der Waals surface area contributed by atoms with Crippen LogP contribution in [-0.2, 0) is 22.4 Å². The molecule has 2 rings (SSSR count). The lowest BCUT2D eigenvalue weighted by Gasteiger charge is -2.11. The van der Waals surface area contributed by atoms with Crippen molar-refractivity contribution >= 4 is 18.4 Å². The molecule has 0 aliphatic carbocycles. The van der Waals surface area contributed by atoms with Crippen molar-refractivity contribution in [2.75, 3.05) is 6.61 Å². The summed E-state index contributed by atoms with van der Waals surface area (Å²) in [5, 5.41) is 0. The van der Waals surface area contributed by atoms with Gasteiger partial charge in [-0.25, -0.2) is 0 Å². The van der Waals surface area contributed by atoms with E-state index in [4.69, 9.17) is 10.5 Å². The number of hydrogen-bond acceptors (Lipinski definition) is 3. The van der Waals surface area contributed by atoms with Crippen LogP contribution in [0.25, 0.3) is 0 Å². The van der Waals surface area contributed by atoms with Crippen molar-refractivity contribution in [3.05, 3.63) is 71.3 Å². The molecule has 3 nitrogen and oxygen atoms in total. The molecule has 1 unspecified atom stereocenters.